The van der Waals surface area contributed by atoms with E-state index in [2.05, 4.69) is 4.98 Å². The maximum absolute atomic E-state index is 12.4. The van der Waals surface area contributed by atoms with Gasteiger partial charge in [0.1, 0.15) is 5.69 Å². The zero-order valence-electron chi connectivity index (χ0n) is 9.63. The molecule has 0 spiro atoms. The first-order valence-electron chi connectivity index (χ1n) is 5.19. The molecule has 1 aromatic heterocycles. The van der Waals surface area contributed by atoms with Crippen LogP contribution in [-0.2, 0) is 0 Å². The number of hydrogen-bond donors (Lipinski definition) is 0. The highest BCUT2D eigenvalue weighted by atomic mass is 19.3. The fraction of sp³-hybridized carbons (Fsp3) is 0.500. The summed E-state index contributed by atoms with van der Waals surface area (Å²) in [6, 6.07) is 1.49. The molecule has 0 saturated heterocycles. The van der Waals surface area contributed by atoms with Crippen LogP contribution in [0, 0.1) is 12.8 Å². The van der Waals surface area contributed by atoms with Crippen molar-refractivity contribution in [3.05, 3.63) is 29.1 Å². The molecule has 0 unspecified atom stereocenters. The van der Waals surface area contributed by atoms with E-state index in [1.54, 1.807) is 6.92 Å². The Morgan fingerprint density at radius 1 is 1.44 bits per heavy atom. The minimum Gasteiger partial charge on any atom is -0.294 e. The lowest BCUT2D eigenvalue weighted by Gasteiger charge is -2.07. The Balaban J connectivity index is 2.93. The van der Waals surface area contributed by atoms with Gasteiger partial charge in [0.05, 0.1) is 0 Å². The van der Waals surface area contributed by atoms with Crippen LogP contribution in [-0.4, -0.2) is 10.8 Å². The Morgan fingerprint density at radius 2 is 2.06 bits per heavy atom. The molecule has 0 saturated carbocycles. The minimum absolute atomic E-state index is 0.0496. The summed E-state index contributed by atoms with van der Waals surface area (Å²) >= 11 is 0. The van der Waals surface area contributed by atoms with Crippen LogP contribution in [0.1, 0.15) is 48.3 Å². The second kappa shape index (κ2) is 5.14. The van der Waals surface area contributed by atoms with Crippen molar-refractivity contribution in [1.29, 1.82) is 0 Å². The predicted octanol–water partition coefficient (Wildman–Crippen LogP) is 3.56. The van der Waals surface area contributed by atoms with Crippen LogP contribution in [0.2, 0.25) is 0 Å². The van der Waals surface area contributed by atoms with Gasteiger partial charge >= 0.3 is 0 Å². The molecule has 16 heavy (non-hydrogen) atoms. The third-order valence-corrected chi connectivity index (χ3v) is 2.24. The van der Waals surface area contributed by atoms with E-state index < -0.39 is 6.43 Å². The first-order valence-corrected chi connectivity index (χ1v) is 5.19. The fourth-order valence-electron chi connectivity index (χ4n) is 1.45. The molecule has 0 aliphatic heterocycles. The van der Waals surface area contributed by atoms with Crippen molar-refractivity contribution in [1.82, 2.24) is 4.98 Å². The van der Waals surface area contributed by atoms with Gasteiger partial charge in [-0.05, 0) is 24.5 Å². The molecule has 88 valence electrons. The Labute approximate surface area is 93.7 Å². The molecule has 4 heteroatoms. The number of nitrogens with zero attached hydrogens (tertiary/aromatic N) is 1. The van der Waals surface area contributed by atoms with Crippen molar-refractivity contribution in [2.24, 2.45) is 5.92 Å². The van der Waals surface area contributed by atoms with Gasteiger partial charge in [0.15, 0.2) is 5.78 Å². The van der Waals surface area contributed by atoms with Crippen molar-refractivity contribution in [2.75, 3.05) is 0 Å². The zero-order valence-corrected chi connectivity index (χ0v) is 9.63. The van der Waals surface area contributed by atoms with E-state index in [1.807, 2.05) is 13.8 Å². The summed E-state index contributed by atoms with van der Waals surface area (Å²) in [7, 11) is 0. The molecule has 1 aromatic rings. The zero-order chi connectivity index (χ0) is 12.3. The fourth-order valence-corrected chi connectivity index (χ4v) is 1.45. The number of halogens is 2. The number of ketones is 1. The topological polar surface area (TPSA) is 30.0 Å². The highest BCUT2D eigenvalue weighted by Gasteiger charge is 2.15. The van der Waals surface area contributed by atoms with Crippen molar-refractivity contribution in [2.45, 2.75) is 33.6 Å². The summed E-state index contributed by atoms with van der Waals surface area (Å²) in [5, 5.41) is 0. The van der Waals surface area contributed by atoms with Crippen LogP contribution in [0.3, 0.4) is 0 Å². The second-order valence-corrected chi connectivity index (χ2v) is 4.25. The van der Waals surface area contributed by atoms with Gasteiger partial charge in [0, 0.05) is 18.2 Å². The first kappa shape index (κ1) is 12.7. The van der Waals surface area contributed by atoms with Crippen LogP contribution in [0.5, 0.6) is 0 Å². The number of hydrogen-bond acceptors (Lipinski definition) is 2. The van der Waals surface area contributed by atoms with E-state index in [0.717, 1.165) is 0 Å². The van der Waals surface area contributed by atoms with Crippen LogP contribution >= 0.6 is 0 Å². The van der Waals surface area contributed by atoms with Gasteiger partial charge in [-0.15, -0.1) is 0 Å². The van der Waals surface area contributed by atoms with Crippen LogP contribution in [0.15, 0.2) is 12.3 Å². The monoisotopic (exact) mass is 227 g/mol. The Morgan fingerprint density at radius 3 is 2.50 bits per heavy atom. The van der Waals surface area contributed by atoms with Gasteiger partial charge in [-0.3, -0.25) is 9.78 Å². The average Bonchev–Trinajstić information content (AvgIpc) is 2.15. The standard InChI is InChI=1S/C12H15F2NO/c1-7(2)4-10(16)9-5-8(3)11(12(13)14)15-6-9/h5-7,12H,4H2,1-3H3. The molecule has 1 rings (SSSR count). The quantitative estimate of drug-likeness (QED) is 0.736. The largest absolute Gasteiger partial charge is 0.294 e. The van der Waals surface area contributed by atoms with Crippen LogP contribution in [0.4, 0.5) is 8.78 Å². The van der Waals surface area contributed by atoms with Gasteiger partial charge in [-0.2, -0.15) is 0 Å². The number of Topliss-reactive ketones (excluding diaryl/α,β-unsaturated/α-hetero) is 1. The predicted molar refractivity (Wildman–Crippen MR) is 57.7 cm³/mol. The summed E-state index contributed by atoms with van der Waals surface area (Å²) in [6.45, 7) is 5.41. The summed E-state index contributed by atoms with van der Waals surface area (Å²) in [5.41, 5.74) is 0.529. The number of aromatic nitrogens is 1. The first-order chi connectivity index (χ1) is 7.41. The molecular formula is C12H15F2NO. The highest BCUT2D eigenvalue weighted by Crippen LogP contribution is 2.21. The number of pyridine rings is 1. The Hall–Kier alpha value is -1.32. The minimum atomic E-state index is -2.59. The van der Waals surface area contributed by atoms with Crippen molar-refractivity contribution >= 4 is 5.78 Å². The molecule has 0 fully saturated rings. The Bertz CT molecular complexity index is 389. The third-order valence-electron chi connectivity index (χ3n) is 2.24. The third kappa shape index (κ3) is 3.08. The van der Waals surface area contributed by atoms with Crippen LogP contribution in [0.25, 0.3) is 0 Å². The summed E-state index contributed by atoms with van der Waals surface area (Å²) < 4.78 is 24.8. The maximum Gasteiger partial charge on any atom is 0.280 e. The van der Waals surface area contributed by atoms with Crippen molar-refractivity contribution in [3.63, 3.8) is 0 Å². The molecule has 0 aromatic carbocycles. The van der Waals surface area contributed by atoms with Crippen molar-refractivity contribution < 1.29 is 13.6 Å². The average molecular weight is 227 g/mol. The Kier molecular flexibility index (Phi) is 4.10. The lowest BCUT2D eigenvalue weighted by molar-refractivity contribution is 0.0966. The second-order valence-electron chi connectivity index (χ2n) is 4.25. The van der Waals surface area contributed by atoms with Crippen molar-refractivity contribution in [3.8, 4) is 0 Å². The van der Waals surface area contributed by atoms with E-state index in [4.69, 9.17) is 0 Å². The van der Waals surface area contributed by atoms with E-state index in [1.165, 1.54) is 12.3 Å². The van der Waals surface area contributed by atoms with Gasteiger partial charge in [0.2, 0.25) is 0 Å². The van der Waals surface area contributed by atoms with Gasteiger partial charge < -0.3 is 0 Å². The van der Waals surface area contributed by atoms with E-state index in [0.29, 0.717) is 17.5 Å². The summed E-state index contributed by atoms with van der Waals surface area (Å²) in [6.07, 6.45) is -0.941. The molecule has 0 amide bonds. The summed E-state index contributed by atoms with van der Waals surface area (Å²) in [5.74, 6) is 0.203. The number of carbonyl (C=O) groups is 1. The normalized spacial score (nSPS) is 11.2. The van der Waals surface area contributed by atoms with E-state index >= 15 is 0 Å². The molecule has 0 N–H and O–H groups in total. The van der Waals surface area contributed by atoms with E-state index in [-0.39, 0.29) is 17.4 Å². The molecule has 0 aliphatic rings. The lowest BCUT2D eigenvalue weighted by Crippen LogP contribution is -2.06. The molecule has 0 atom stereocenters. The van der Waals surface area contributed by atoms with Gasteiger partial charge in [-0.25, -0.2) is 8.78 Å². The van der Waals surface area contributed by atoms with Gasteiger partial charge in [0.25, 0.3) is 6.43 Å². The molecule has 1 heterocycles. The SMILES string of the molecule is Cc1cc(C(=O)CC(C)C)cnc1C(F)F. The molecule has 0 radical (unpaired) electrons. The number of rotatable bonds is 4. The molecular weight excluding hydrogens is 212 g/mol. The molecule has 2 nitrogen and oxygen atoms in total. The number of alkyl halides is 2. The summed E-state index contributed by atoms with van der Waals surface area (Å²) in [4.78, 5) is 15.3. The number of carbonyl (C=O) groups excluding carboxylic acids is 1. The lowest BCUT2D eigenvalue weighted by atomic mass is 10.0. The van der Waals surface area contributed by atoms with Gasteiger partial charge in [-0.1, -0.05) is 13.8 Å². The van der Waals surface area contributed by atoms with Crippen LogP contribution < -0.4 is 0 Å². The highest BCUT2D eigenvalue weighted by molar-refractivity contribution is 5.96. The maximum atomic E-state index is 12.4. The number of aryl methyl sites for hydroxylation is 1. The molecule has 0 bridgehead atoms. The molecule has 0 aliphatic carbocycles. The van der Waals surface area contributed by atoms with E-state index in [9.17, 15) is 13.6 Å². The smallest absolute Gasteiger partial charge is 0.280 e.